The van der Waals surface area contributed by atoms with Crippen molar-refractivity contribution in [1.82, 2.24) is 20.2 Å². The Hall–Kier alpha value is -3.57. The van der Waals surface area contributed by atoms with E-state index in [2.05, 4.69) is 22.0 Å². The number of ether oxygens (including phenoxy) is 1. The van der Waals surface area contributed by atoms with Crippen LogP contribution in [0.3, 0.4) is 0 Å². The van der Waals surface area contributed by atoms with Gasteiger partial charge >= 0.3 is 6.01 Å². The quantitative estimate of drug-likeness (QED) is 0.440. The number of aromatic nitrogens is 2. The van der Waals surface area contributed by atoms with Crippen molar-refractivity contribution in [2.45, 2.75) is 57.8 Å². The van der Waals surface area contributed by atoms with Gasteiger partial charge in [0.1, 0.15) is 35.7 Å². The van der Waals surface area contributed by atoms with Crippen LogP contribution in [0.25, 0.3) is 10.8 Å². The number of nitrogens with zero attached hydrogens (tertiary/aromatic N) is 5. The molecule has 1 aromatic heterocycles. The molecule has 0 spiro atoms. The van der Waals surface area contributed by atoms with Crippen molar-refractivity contribution in [1.29, 1.82) is 0 Å². The summed E-state index contributed by atoms with van der Waals surface area (Å²) in [7, 11) is 0. The SMILES string of the molecule is CCc1c(F)ccc2cc(O)cc(N3Cc4nc(OC[C@@]56CCCN5C[C@H](F)C6)nc(N5CCNCC(C)C5)c4C3=O)c12. The van der Waals surface area contributed by atoms with Crippen LogP contribution in [0, 0.1) is 11.7 Å². The standard InChI is InChI=1S/C32H38F2N6O3/c1-3-23-24(34)6-5-20-11-22(41)12-26(27(20)23)40-17-25-28(30(40)42)29(38-10-8-35-14-19(2)15-38)37-31(36-25)43-18-32-7-4-9-39(32)16-21(33)13-32/h5-6,11-12,19,21,35,41H,3-4,7-10,13-18H2,1-2H3/t19?,21-,32+/m1/s1. The Labute approximate surface area is 249 Å². The van der Waals surface area contributed by atoms with Gasteiger partial charge in [-0.05, 0) is 61.4 Å². The zero-order chi connectivity index (χ0) is 29.9. The fraction of sp³-hybridized carbons (Fsp3) is 0.531. The molecular formula is C32H38F2N6O3. The Kier molecular flexibility index (Phi) is 7.12. The Morgan fingerprint density at radius 1 is 1.21 bits per heavy atom. The smallest absolute Gasteiger partial charge is 0.318 e. The number of fused-ring (bicyclic) bond motifs is 3. The van der Waals surface area contributed by atoms with E-state index in [0.29, 0.717) is 77.5 Å². The van der Waals surface area contributed by atoms with Crippen LogP contribution in [0.15, 0.2) is 24.3 Å². The molecule has 7 rings (SSSR count). The monoisotopic (exact) mass is 592 g/mol. The van der Waals surface area contributed by atoms with Crippen molar-refractivity contribution in [3.8, 4) is 11.8 Å². The second-order valence-electron chi connectivity index (χ2n) is 12.6. The number of nitrogens with one attached hydrogen (secondary N) is 1. The summed E-state index contributed by atoms with van der Waals surface area (Å²) in [6.07, 6.45) is 1.87. The minimum atomic E-state index is -0.868. The predicted octanol–water partition coefficient (Wildman–Crippen LogP) is 4.20. The molecule has 228 valence electrons. The van der Waals surface area contributed by atoms with E-state index in [4.69, 9.17) is 14.7 Å². The summed E-state index contributed by atoms with van der Waals surface area (Å²) in [5.74, 6) is 0.184. The summed E-state index contributed by atoms with van der Waals surface area (Å²) in [6.45, 7) is 8.69. The van der Waals surface area contributed by atoms with Crippen LogP contribution in [0.5, 0.6) is 11.8 Å². The largest absolute Gasteiger partial charge is 0.508 e. The third-order valence-electron chi connectivity index (χ3n) is 9.60. The molecule has 3 saturated heterocycles. The first-order chi connectivity index (χ1) is 20.8. The van der Waals surface area contributed by atoms with Crippen molar-refractivity contribution in [3.05, 3.63) is 46.9 Å². The van der Waals surface area contributed by atoms with E-state index in [1.54, 1.807) is 17.0 Å². The molecule has 3 aromatic rings. The molecule has 1 amide bonds. The molecule has 2 aromatic carbocycles. The van der Waals surface area contributed by atoms with E-state index in [1.165, 1.54) is 12.1 Å². The van der Waals surface area contributed by atoms with Gasteiger partial charge in [-0.3, -0.25) is 9.69 Å². The average molecular weight is 593 g/mol. The van der Waals surface area contributed by atoms with Crippen molar-refractivity contribution < 1.29 is 23.4 Å². The van der Waals surface area contributed by atoms with Crippen LogP contribution in [0.2, 0.25) is 0 Å². The molecule has 0 aliphatic carbocycles. The Balaban J connectivity index is 1.30. The van der Waals surface area contributed by atoms with E-state index in [9.17, 15) is 18.7 Å². The highest BCUT2D eigenvalue weighted by molar-refractivity contribution is 6.16. The van der Waals surface area contributed by atoms with Crippen LogP contribution in [0.4, 0.5) is 20.3 Å². The van der Waals surface area contributed by atoms with Gasteiger partial charge < -0.3 is 25.0 Å². The number of hydrogen-bond donors (Lipinski definition) is 2. The number of halogens is 2. The molecule has 4 aliphatic heterocycles. The number of rotatable bonds is 6. The number of alkyl halides is 1. The first kappa shape index (κ1) is 28.2. The molecule has 5 heterocycles. The van der Waals surface area contributed by atoms with E-state index < -0.39 is 6.17 Å². The Bertz CT molecular complexity index is 1590. The molecule has 4 aliphatic rings. The van der Waals surface area contributed by atoms with Crippen LogP contribution in [-0.4, -0.2) is 83.5 Å². The van der Waals surface area contributed by atoms with E-state index >= 15 is 0 Å². The highest BCUT2D eigenvalue weighted by Gasteiger charge is 2.49. The number of carbonyl (C=O) groups is 1. The fourth-order valence-corrected chi connectivity index (χ4v) is 7.62. The maximum Gasteiger partial charge on any atom is 0.318 e. The number of amides is 1. The molecule has 3 fully saturated rings. The van der Waals surface area contributed by atoms with Gasteiger partial charge in [0.05, 0.1) is 23.5 Å². The molecule has 2 N–H and O–H groups in total. The van der Waals surface area contributed by atoms with Gasteiger partial charge in [-0.15, -0.1) is 0 Å². The molecule has 0 radical (unpaired) electrons. The summed E-state index contributed by atoms with van der Waals surface area (Å²) in [4.78, 5) is 29.7. The lowest BCUT2D eigenvalue weighted by Gasteiger charge is -2.31. The summed E-state index contributed by atoms with van der Waals surface area (Å²) in [5.41, 5.74) is 1.50. The maximum absolute atomic E-state index is 15.0. The van der Waals surface area contributed by atoms with Crippen molar-refractivity contribution in [2.75, 3.05) is 55.7 Å². The van der Waals surface area contributed by atoms with Gasteiger partial charge in [0.15, 0.2) is 0 Å². The van der Waals surface area contributed by atoms with Crippen molar-refractivity contribution >= 4 is 28.2 Å². The number of hydrogen-bond acceptors (Lipinski definition) is 8. The molecule has 0 bridgehead atoms. The third-order valence-corrected chi connectivity index (χ3v) is 9.60. The molecule has 1 unspecified atom stereocenters. The number of aromatic hydroxyl groups is 1. The van der Waals surface area contributed by atoms with Gasteiger partial charge in [-0.2, -0.15) is 9.97 Å². The molecule has 3 atom stereocenters. The third kappa shape index (κ3) is 4.86. The van der Waals surface area contributed by atoms with Gasteiger partial charge in [-0.25, -0.2) is 8.78 Å². The zero-order valence-corrected chi connectivity index (χ0v) is 24.7. The number of phenolic OH excluding ortho intramolecular Hbond substituents is 1. The molecule has 43 heavy (non-hydrogen) atoms. The molecule has 11 heteroatoms. The first-order valence-electron chi connectivity index (χ1n) is 15.4. The van der Waals surface area contributed by atoms with Crippen molar-refractivity contribution in [3.63, 3.8) is 0 Å². The Morgan fingerprint density at radius 3 is 2.91 bits per heavy atom. The fourth-order valence-electron chi connectivity index (χ4n) is 7.62. The topological polar surface area (TPSA) is 94.1 Å². The lowest BCUT2D eigenvalue weighted by molar-refractivity contribution is 0.0996. The highest BCUT2D eigenvalue weighted by atomic mass is 19.1. The van der Waals surface area contributed by atoms with Gasteiger partial charge in [0, 0.05) is 44.1 Å². The molecule has 0 saturated carbocycles. The predicted molar refractivity (Wildman–Crippen MR) is 160 cm³/mol. The number of carbonyl (C=O) groups excluding carboxylic acids is 1. The second-order valence-corrected chi connectivity index (χ2v) is 12.6. The van der Waals surface area contributed by atoms with Gasteiger partial charge in [-0.1, -0.05) is 19.9 Å². The van der Waals surface area contributed by atoms with Crippen LogP contribution in [-0.2, 0) is 13.0 Å². The van der Waals surface area contributed by atoms with Gasteiger partial charge in [0.2, 0.25) is 0 Å². The van der Waals surface area contributed by atoms with E-state index in [0.717, 1.165) is 32.5 Å². The first-order valence-corrected chi connectivity index (χ1v) is 15.4. The second kappa shape index (κ2) is 10.9. The molecule has 9 nitrogen and oxygen atoms in total. The summed E-state index contributed by atoms with van der Waals surface area (Å²) >= 11 is 0. The lowest BCUT2D eigenvalue weighted by Crippen LogP contribution is -2.43. The number of benzene rings is 2. The van der Waals surface area contributed by atoms with Crippen LogP contribution < -0.4 is 19.9 Å². The number of phenols is 1. The molecular weight excluding hydrogens is 554 g/mol. The van der Waals surface area contributed by atoms with Crippen LogP contribution >= 0.6 is 0 Å². The normalized spacial score (nSPS) is 25.8. The average Bonchev–Trinajstić information content (AvgIpc) is 3.55. The van der Waals surface area contributed by atoms with Crippen molar-refractivity contribution in [2.24, 2.45) is 5.92 Å². The van der Waals surface area contributed by atoms with Gasteiger partial charge in [0.25, 0.3) is 5.91 Å². The number of aryl methyl sites for hydroxylation is 1. The Morgan fingerprint density at radius 2 is 2.07 bits per heavy atom. The summed E-state index contributed by atoms with van der Waals surface area (Å²) < 4.78 is 35.7. The summed E-state index contributed by atoms with van der Waals surface area (Å²) in [6, 6.07) is 6.31. The highest BCUT2D eigenvalue weighted by Crippen LogP contribution is 2.43. The maximum atomic E-state index is 15.0. The lowest BCUT2D eigenvalue weighted by atomic mass is 9.95. The minimum Gasteiger partial charge on any atom is -0.508 e. The minimum absolute atomic E-state index is 0.00855. The van der Waals surface area contributed by atoms with E-state index in [-0.39, 0.29) is 42.2 Å². The number of anilines is 2. The zero-order valence-electron chi connectivity index (χ0n) is 24.7. The van der Waals surface area contributed by atoms with Crippen LogP contribution in [0.1, 0.15) is 54.7 Å². The van der Waals surface area contributed by atoms with E-state index in [1.807, 2.05) is 6.92 Å². The summed E-state index contributed by atoms with van der Waals surface area (Å²) in [5, 5.41) is 15.3.